The van der Waals surface area contributed by atoms with Crippen molar-refractivity contribution in [2.45, 2.75) is 13.3 Å². The van der Waals surface area contributed by atoms with Crippen LogP contribution in [0.3, 0.4) is 0 Å². The van der Waals surface area contributed by atoms with Crippen molar-refractivity contribution in [1.82, 2.24) is 9.55 Å². The number of aliphatic hydroxyl groups excluding tert-OH is 1. The van der Waals surface area contributed by atoms with Gasteiger partial charge in [-0.3, -0.25) is 0 Å². The van der Waals surface area contributed by atoms with E-state index < -0.39 is 0 Å². The second kappa shape index (κ2) is 5.75. The van der Waals surface area contributed by atoms with Crippen LogP contribution in [0, 0.1) is 6.92 Å². The molecule has 0 aliphatic rings. The average Bonchev–Trinajstić information content (AvgIpc) is 2.67. The Morgan fingerprint density at radius 2 is 2.16 bits per heavy atom. The topological polar surface area (TPSA) is 47.3 Å². The van der Waals surface area contributed by atoms with E-state index in [1.165, 1.54) is 0 Å². The summed E-state index contributed by atoms with van der Waals surface area (Å²) in [6.07, 6.45) is 0.549. The molecule has 19 heavy (non-hydrogen) atoms. The first kappa shape index (κ1) is 14.1. The molecular formula is C14H17BrN2O2. The Bertz CT molecular complexity index is 593. The summed E-state index contributed by atoms with van der Waals surface area (Å²) in [5.41, 5.74) is 2.90. The Morgan fingerprint density at radius 3 is 2.79 bits per heavy atom. The SMILES string of the molecule is COc1ccc(Br)cc1-c1nc(CCO)n(C)c1C. The van der Waals surface area contributed by atoms with Crippen LogP contribution < -0.4 is 4.74 Å². The van der Waals surface area contributed by atoms with Crippen LogP contribution >= 0.6 is 15.9 Å². The van der Waals surface area contributed by atoms with Crippen LogP contribution in [0.15, 0.2) is 22.7 Å². The van der Waals surface area contributed by atoms with Crippen molar-refractivity contribution in [2.75, 3.05) is 13.7 Å². The Morgan fingerprint density at radius 1 is 1.42 bits per heavy atom. The van der Waals surface area contributed by atoms with Crippen LogP contribution in [0.4, 0.5) is 0 Å². The van der Waals surface area contributed by atoms with Gasteiger partial charge < -0.3 is 14.4 Å². The number of aromatic nitrogens is 2. The summed E-state index contributed by atoms with van der Waals surface area (Å²) in [6, 6.07) is 5.85. The highest BCUT2D eigenvalue weighted by molar-refractivity contribution is 9.10. The van der Waals surface area contributed by atoms with Crippen molar-refractivity contribution in [3.8, 4) is 17.0 Å². The molecule has 2 aromatic rings. The fourth-order valence-corrected chi connectivity index (χ4v) is 2.44. The van der Waals surface area contributed by atoms with Crippen molar-refractivity contribution in [3.05, 3.63) is 34.2 Å². The fourth-order valence-electron chi connectivity index (χ4n) is 2.08. The van der Waals surface area contributed by atoms with E-state index in [1.807, 2.05) is 36.7 Å². The standard InChI is InChI=1S/C14H17BrN2O2/c1-9-14(16-13(6-7-18)17(9)2)11-8-10(15)4-5-12(11)19-3/h4-5,8,18H,6-7H2,1-3H3. The smallest absolute Gasteiger partial charge is 0.128 e. The number of imidazole rings is 1. The Labute approximate surface area is 121 Å². The van der Waals surface area contributed by atoms with Gasteiger partial charge in [0.1, 0.15) is 11.6 Å². The molecule has 1 N–H and O–H groups in total. The van der Waals surface area contributed by atoms with E-state index >= 15 is 0 Å². The Kier molecular flexibility index (Phi) is 4.27. The first-order valence-corrected chi connectivity index (χ1v) is 6.84. The molecule has 5 heteroatoms. The van der Waals surface area contributed by atoms with Crippen molar-refractivity contribution < 1.29 is 9.84 Å². The van der Waals surface area contributed by atoms with E-state index in [0.29, 0.717) is 6.42 Å². The molecular weight excluding hydrogens is 308 g/mol. The van der Waals surface area contributed by atoms with Crippen LogP contribution in [0.1, 0.15) is 11.5 Å². The number of halogens is 1. The van der Waals surface area contributed by atoms with Gasteiger partial charge in [-0.15, -0.1) is 0 Å². The van der Waals surface area contributed by atoms with Crippen LogP contribution in [-0.2, 0) is 13.5 Å². The number of ether oxygens (including phenoxy) is 1. The molecule has 1 aromatic heterocycles. The molecule has 4 nitrogen and oxygen atoms in total. The highest BCUT2D eigenvalue weighted by atomic mass is 79.9. The van der Waals surface area contributed by atoms with E-state index in [1.54, 1.807) is 7.11 Å². The summed E-state index contributed by atoms with van der Waals surface area (Å²) >= 11 is 3.47. The maximum atomic E-state index is 9.07. The summed E-state index contributed by atoms with van der Waals surface area (Å²) < 4.78 is 8.39. The summed E-state index contributed by atoms with van der Waals surface area (Å²) in [7, 11) is 3.61. The first-order chi connectivity index (χ1) is 9.08. The van der Waals surface area contributed by atoms with Crippen molar-refractivity contribution in [3.63, 3.8) is 0 Å². The lowest BCUT2D eigenvalue weighted by molar-refractivity contribution is 0.295. The van der Waals surface area contributed by atoms with Crippen molar-refractivity contribution in [2.24, 2.45) is 7.05 Å². The molecule has 0 atom stereocenters. The van der Waals surface area contributed by atoms with Gasteiger partial charge in [-0.25, -0.2) is 4.98 Å². The van der Waals surface area contributed by atoms with Crippen LogP contribution in [-0.4, -0.2) is 28.4 Å². The number of hydrogen-bond donors (Lipinski definition) is 1. The second-order valence-corrected chi connectivity index (χ2v) is 5.25. The summed E-state index contributed by atoms with van der Waals surface area (Å²) in [5, 5.41) is 9.07. The normalized spacial score (nSPS) is 10.8. The molecule has 102 valence electrons. The van der Waals surface area contributed by atoms with Gasteiger partial charge in [0.05, 0.1) is 19.4 Å². The van der Waals surface area contributed by atoms with E-state index in [0.717, 1.165) is 33.0 Å². The highest BCUT2D eigenvalue weighted by Crippen LogP contribution is 2.34. The summed E-state index contributed by atoms with van der Waals surface area (Å²) in [6.45, 7) is 2.11. The maximum absolute atomic E-state index is 9.07. The molecule has 0 unspecified atom stereocenters. The van der Waals surface area contributed by atoms with Crippen LogP contribution in [0.5, 0.6) is 5.75 Å². The number of hydrogen-bond acceptors (Lipinski definition) is 3. The summed E-state index contributed by atoms with van der Waals surface area (Å²) in [4.78, 5) is 4.62. The number of methoxy groups -OCH3 is 1. The van der Waals surface area contributed by atoms with Gasteiger partial charge in [-0.05, 0) is 25.1 Å². The molecule has 0 spiro atoms. The third-order valence-corrected chi connectivity index (χ3v) is 3.72. The highest BCUT2D eigenvalue weighted by Gasteiger charge is 2.16. The Balaban J connectivity index is 2.58. The molecule has 0 radical (unpaired) electrons. The zero-order valence-corrected chi connectivity index (χ0v) is 12.9. The van der Waals surface area contributed by atoms with Gasteiger partial charge in [0.15, 0.2) is 0 Å². The lowest BCUT2D eigenvalue weighted by Gasteiger charge is -2.08. The van der Waals surface area contributed by atoms with Gasteiger partial charge in [-0.2, -0.15) is 0 Å². The molecule has 0 aliphatic heterocycles. The van der Waals surface area contributed by atoms with Gasteiger partial charge in [0, 0.05) is 29.2 Å². The second-order valence-electron chi connectivity index (χ2n) is 4.34. The number of rotatable bonds is 4. The zero-order chi connectivity index (χ0) is 14.0. The molecule has 0 fully saturated rings. The Hall–Kier alpha value is -1.33. The molecule has 0 saturated heterocycles. The maximum Gasteiger partial charge on any atom is 0.128 e. The van der Waals surface area contributed by atoms with Crippen LogP contribution in [0.25, 0.3) is 11.3 Å². The number of nitrogens with zero attached hydrogens (tertiary/aromatic N) is 2. The van der Waals surface area contributed by atoms with Crippen LogP contribution in [0.2, 0.25) is 0 Å². The van der Waals surface area contributed by atoms with E-state index in [9.17, 15) is 0 Å². The predicted octanol–water partition coefficient (Wildman–Crippen LogP) is 2.70. The third kappa shape index (κ3) is 2.67. The van der Waals surface area contributed by atoms with Gasteiger partial charge in [0.25, 0.3) is 0 Å². The van der Waals surface area contributed by atoms with Crippen molar-refractivity contribution >= 4 is 15.9 Å². The molecule has 0 bridgehead atoms. The van der Waals surface area contributed by atoms with E-state index in [4.69, 9.17) is 9.84 Å². The molecule has 2 rings (SSSR count). The lowest BCUT2D eigenvalue weighted by atomic mass is 10.1. The zero-order valence-electron chi connectivity index (χ0n) is 11.3. The molecule has 0 saturated carbocycles. The predicted molar refractivity (Wildman–Crippen MR) is 78.4 cm³/mol. The van der Waals surface area contributed by atoms with Crippen molar-refractivity contribution in [1.29, 1.82) is 0 Å². The quantitative estimate of drug-likeness (QED) is 0.940. The minimum Gasteiger partial charge on any atom is -0.496 e. The summed E-state index contributed by atoms with van der Waals surface area (Å²) in [5.74, 6) is 1.66. The fraction of sp³-hybridized carbons (Fsp3) is 0.357. The van der Waals surface area contributed by atoms with Gasteiger partial charge in [0.2, 0.25) is 0 Å². The molecule has 1 heterocycles. The minimum absolute atomic E-state index is 0.0966. The van der Waals surface area contributed by atoms with E-state index in [-0.39, 0.29) is 6.61 Å². The third-order valence-electron chi connectivity index (χ3n) is 3.23. The first-order valence-electron chi connectivity index (χ1n) is 6.05. The molecule has 0 aliphatic carbocycles. The lowest BCUT2D eigenvalue weighted by Crippen LogP contribution is -2.01. The largest absolute Gasteiger partial charge is 0.496 e. The number of aliphatic hydroxyl groups is 1. The van der Waals surface area contributed by atoms with Gasteiger partial charge >= 0.3 is 0 Å². The minimum atomic E-state index is 0.0966. The monoisotopic (exact) mass is 324 g/mol. The average molecular weight is 325 g/mol. The molecule has 0 amide bonds. The number of benzene rings is 1. The van der Waals surface area contributed by atoms with Gasteiger partial charge in [-0.1, -0.05) is 15.9 Å². The van der Waals surface area contributed by atoms with E-state index in [2.05, 4.69) is 20.9 Å². The molecule has 1 aromatic carbocycles.